The van der Waals surface area contributed by atoms with Crippen molar-refractivity contribution in [3.63, 3.8) is 0 Å². The van der Waals surface area contributed by atoms with Crippen molar-refractivity contribution in [3.8, 4) is 0 Å². The van der Waals surface area contributed by atoms with Crippen molar-refractivity contribution < 1.29 is 44.3 Å². The summed E-state index contributed by atoms with van der Waals surface area (Å²) in [5.41, 5.74) is 1.28. The van der Waals surface area contributed by atoms with Gasteiger partial charge in [-0.05, 0) is 61.4 Å². The van der Waals surface area contributed by atoms with E-state index in [9.17, 15) is 35.2 Å². The Hall–Kier alpha value is -2.94. The standard InChI is InChI=1S/2C10H12FNO.CH4O6S2/c2*1-2-3-10(13)12-9-6-4-8(11)5-7-9;2-8(3,4)1-9(5,6)7/h2*4-7H,2-3H2,1H3,(H,12,13);1H2,(H,2,3,4)(H,5,6,7). The summed E-state index contributed by atoms with van der Waals surface area (Å²) < 4.78 is 79.1. The highest BCUT2D eigenvalue weighted by Crippen LogP contribution is 2.09. The molecule has 2 aromatic carbocycles. The summed E-state index contributed by atoms with van der Waals surface area (Å²) in [7, 11) is -9.24. The van der Waals surface area contributed by atoms with E-state index in [1.807, 2.05) is 13.8 Å². The molecule has 2 amide bonds. The topological polar surface area (TPSA) is 167 Å². The molecule has 2 aromatic rings. The van der Waals surface area contributed by atoms with E-state index in [1.165, 1.54) is 24.3 Å². The van der Waals surface area contributed by atoms with Gasteiger partial charge in [0.1, 0.15) is 11.6 Å². The maximum Gasteiger partial charge on any atom is 0.281 e. The summed E-state index contributed by atoms with van der Waals surface area (Å²) in [4.78, 5) is 22.2. The molecule has 0 saturated carbocycles. The average Bonchev–Trinajstić information content (AvgIpc) is 2.70. The summed E-state index contributed by atoms with van der Waals surface area (Å²) in [6, 6.07) is 11.5. The minimum Gasteiger partial charge on any atom is -0.326 e. The number of anilines is 2. The van der Waals surface area contributed by atoms with E-state index in [0.717, 1.165) is 12.8 Å². The zero-order valence-corrected chi connectivity index (χ0v) is 20.7. The van der Waals surface area contributed by atoms with Crippen molar-refractivity contribution in [1.82, 2.24) is 0 Å². The second kappa shape index (κ2) is 15.9. The molecule has 14 heteroatoms. The number of hydrogen-bond donors (Lipinski definition) is 4. The van der Waals surface area contributed by atoms with Gasteiger partial charge in [-0.25, -0.2) is 8.78 Å². The van der Waals surface area contributed by atoms with Gasteiger partial charge >= 0.3 is 0 Å². The first-order chi connectivity index (χ1) is 16.1. The molecule has 0 bridgehead atoms. The van der Waals surface area contributed by atoms with E-state index < -0.39 is 25.3 Å². The van der Waals surface area contributed by atoms with Crippen molar-refractivity contribution in [3.05, 3.63) is 60.2 Å². The molecule has 0 aliphatic heterocycles. The van der Waals surface area contributed by atoms with Crippen LogP contribution in [0, 0.1) is 11.6 Å². The Kier molecular flexibility index (Phi) is 14.5. The molecular formula is C21H28F2N2O8S2. The molecular weight excluding hydrogens is 510 g/mol. The fraction of sp³-hybridized carbons (Fsp3) is 0.333. The monoisotopic (exact) mass is 538 g/mol. The smallest absolute Gasteiger partial charge is 0.281 e. The number of amides is 2. The highest BCUT2D eigenvalue weighted by Gasteiger charge is 2.15. The van der Waals surface area contributed by atoms with Crippen molar-refractivity contribution >= 4 is 43.4 Å². The molecule has 0 radical (unpaired) electrons. The Balaban J connectivity index is 0.000000506. The van der Waals surface area contributed by atoms with Crippen LogP contribution in [0.4, 0.5) is 20.2 Å². The van der Waals surface area contributed by atoms with Crippen LogP contribution >= 0.6 is 0 Å². The van der Waals surface area contributed by atoms with Crippen molar-refractivity contribution in [2.24, 2.45) is 0 Å². The van der Waals surface area contributed by atoms with Crippen LogP contribution in [0.25, 0.3) is 0 Å². The zero-order chi connectivity index (χ0) is 27.1. The van der Waals surface area contributed by atoms with E-state index in [-0.39, 0.29) is 23.4 Å². The van der Waals surface area contributed by atoms with Gasteiger partial charge in [0, 0.05) is 24.2 Å². The molecule has 0 unspecified atom stereocenters. The number of rotatable bonds is 8. The Morgan fingerprint density at radius 3 is 1.17 bits per heavy atom. The van der Waals surface area contributed by atoms with Crippen LogP contribution in [0.3, 0.4) is 0 Å². The molecule has 0 aromatic heterocycles. The molecule has 0 aliphatic rings. The van der Waals surface area contributed by atoms with Crippen molar-refractivity contribution in [2.45, 2.75) is 39.5 Å². The molecule has 0 saturated heterocycles. The summed E-state index contributed by atoms with van der Waals surface area (Å²) in [5, 5.41) is 3.68. The maximum absolute atomic E-state index is 12.5. The van der Waals surface area contributed by atoms with E-state index in [2.05, 4.69) is 10.6 Å². The Labute approximate surface area is 203 Å². The van der Waals surface area contributed by atoms with Crippen LogP contribution in [-0.2, 0) is 29.8 Å². The van der Waals surface area contributed by atoms with Gasteiger partial charge in [0.05, 0.1) is 0 Å². The molecule has 0 fully saturated rings. The van der Waals surface area contributed by atoms with Crippen LogP contribution < -0.4 is 10.6 Å². The third-order valence-electron chi connectivity index (χ3n) is 3.51. The molecule has 35 heavy (non-hydrogen) atoms. The lowest BCUT2D eigenvalue weighted by Crippen LogP contribution is -2.13. The average molecular weight is 539 g/mol. The fourth-order valence-electron chi connectivity index (χ4n) is 2.16. The predicted octanol–water partition coefficient (Wildman–Crippen LogP) is 3.85. The molecule has 0 spiro atoms. The molecule has 0 atom stereocenters. The molecule has 2 rings (SSSR count). The largest absolute Gasteiger partial charge is 0.326 e. The second-order valence-electron chi connectivity index (χ2n) is 6.89. The van der Waals surface area contributed by atoms with Crippen LogP contribution in [0.2, 0.25) is 0 Å². The van der Waals surface area contributed by atoms with E-state index in [4.69, 9.17) is 9.11 Å². The van der Waals surface area contributed by atoms with Crippen LogP contribution in [0.5, 0.6) is 0 Å². The van der Waals surface area contributed by atoms with E-state index >= 15 is 0 Å². The maximum atomic E-state index is 12.5. The SMILES string of the molecule is CCCC(=O)Nc1ccc(F)cc1.CCCC(=O)Nc1ccc(F)cc1.O=S(=O)(O)CS(=O)(=O)O. The van der Waals surface area contributed by atoms with Gasteiger partial charge in [0.15, 0.2) is 0 Å². The van der Waals surface area contributed by atoms with E-state index in [1.54, 1.807) is 24.3 Å². The van der Waals surface area contributed by atoms with Gasteiger partial charge in [-0.1, -0.05) is 13.8 Å². The van der Waals surface area contributed by atoms with Crippen molar-refractivity contribution in [1.29, 1.82) is 0 Å². The first-order valence-corrected chi connectivity index (χ1v) is 13.4. The Bertz CT molecular complexity index is 1050. The lowest BCUT2D eigenvalue weighted by molar-refractivity contribution is -0.117. The number of carbonyl (C=O) groups is 2. The minimum absolute atomic E-state index is 0.0332. The van der Waals surface area contributed by atoms with Gasteiger partial charge < -0.3 is 10.6 Å². The quantitative estimate of drug-likeness (QED) is 0.368. The van der Waals surface area contributed by atoms with Gasteiger partial charge in [-0.2, -0.15) is 16.8 Å². The van der Waals surface area contributed by atoms with Gasteiger partial charge in [-0.15, -0.1) is 0 Å². The third kappa shape index (κ3) is 19.1. The van der Waals surface area contributed by atoms with Gasteiger partial charge in [-0.3, -0.25) is 18.7 Å². The molecule has 4 N–H and O–H groups in total. The zero-order valence-electron chi connectivity index (χ0n) is 19.1. The summed E-state index contributed by atoms with van der Waals surface area (Å²) in [6.45, 7) is 3.87. The molecule has 0 aliphatic carbocycles. The summed E-state index contributed by atoms with van der Waals surface area (Å²) in [5.74, 6) is -0.662. The summed E-state index contributed by atoms with van der Waals surface area (Å²) in [6.07, 6.45) is 2.62. The van der Waals surface area contributed by atoms with Crippen LogP contribution in [0.1, 0.15) is 39.5 Å². The van der Waals surface area contributed by atoms with E-state index in [0.29, 0.717) is 24.2 Å². The van der Waals surface area contributed by atoms with Crippen LogP contribution in [0.15, 0.2) is 48.5 Å². The van der Waals surface area contributed by atoms with Gasteiger partial charge in [0.25, 0.3) is 20.2 Å². The highest BCUT2D eigenvalue weighted by molar-refractivity contribution is 8.02. The molecule has 10 nitrogen and oxygen atoms in total. The second-order valence-corrected chi connectivity index (χ2v) is 10.2. The van der Waals surface area contributed by atoms with Gasteiger partial charge in [0.2, 0.25) is 16.9 Å². The first-order valence-electron chi connectivity index (χ1n) is 10.2. The lowest BCUT2D eigenvalue weighted by atomic mass is 10.3. The fourth-order valence-corrected chi connectivity index (χ4v) is 3.66. The normalized spacial score (nSPS) is 10.7. The van der Waals surface area contributed by atoms with Crippen molar-refractivity contribution in [2.75, 3.05) is 15.7 Å². The number of nitrogens with one attached hydrogen (secondary N) is 2. The summed E-state index contributed by atoms with van der Waals surface area (Å²) >= 11 is 0. The highest BCUT2D eigenvalue weighted by atomic mass is 32.3. The predicted molar refractivity (Wildman–Crippen MR) is 128 cm³/mol. The Morgan fingerprint density at radius 1 is 0.686 bits per heavy atom. The minimum atomic E-state index is -4.62. The molecule has 0 heterocycles. The lowest BCUT2D eigenvalue weighted by Gasteiger charge is -2.02. The third-order valence-corrected chi connectivity index (χ3v) is 5.89. The molecule has 196 valence electrons. The number of hydrogen-bond acceptors (Lipinski definition) is 6. The van der Waals surface area contributed by atoms with Crippen LogP contribution in [-0.4, -0.2) is 42.8 Å². The first kappa shape index (κ1) is 32.1. The Morgan fingerprint density at radius 2 is 0.971 bits per heavy atom. The number of carbonyl (C=O) groups excluding carboxylic acids is 2. The number of benzene rings is 2. The number of halogens is 2.